The maximum atomic E-state index is 13.6. The zero-order valence-electron chi connectivity index (χ0n) is 12.0. The van der Waals surface area contributed by atoms with Gasteiger partial charge >= 0.3 is 0 Å². The maximum Gasteiger partial charge on any atom is 0.125 e. The van der Waals surface area contributed by atoms with Gasteiger partial charge in [0.1, 0.15) is 5.82 Å². The minimum absolute atomic E-state index is 0.157. The Labute approximate surface area is 110 Å². The first-order chi connectivity index (χ1) is 8.58. The summed E-state index contributed by atoms with van der Waals surface area (Å²) in [6, 6.07) is 5.72. The zero-order chi connectivity index (χ0) is 13.5. The molecular formula is C15H25FN2. The van der Waals surface area contributed by atoms with Crippen LogP contribution in [-0.4, -0.2) is 19.6 Å². The van der Waals surface area contributed by atoms with Crippen molar-refractivity contribution in [2.24, 2.45) is 0 Å². The lowest BCUT2D eigenvalue weighted by Gasteiger charge is -2.27. The van der Waals surface area contributed by atoms with Gasteiger partial charge in [-0.25, -0.2) is 4.39 Å². The number of rotatable bonds is 7. The Hall–Kier alpha value is -1.09. The molecule has 0 amide bonds. The van der Waals surface area contributed by atoms with Crippen LogP contribution in [0.4, 0.5) is 10.1 Å². The summed E-state index contributed by atoms with van der Waals surface area (Å²) >= 11 is 0. The Morgan fingerprint density at radius 2 is 2.00 bits per heavy atom. The third kappa shape index (κ3) is 4.30. The van der Waals surface area contributed by atoms with Crippen LogP contribution < -0.4 is 10.2 Å². The van der Waals surface area contributed by atoms with Gasteiger partial charge in [-0.2, -0.15) is 0 Å². The molecule has 0 bridgehead atoms. The van der Waals surface area contributed by atoms with Crippen molar-refractivity contribution in [2.75, 3.05) is 18.5 Å². The fourth-order valence-corrected chi connectivity index (χ4v) is 2.07. The van der Waals surface area contributed by atoms with Gasteiger partial charge in [-0.3, -0.25) is 0 Å². The van der Waals surface area contributed by atoms with Crippen LogP contribution in [0, 0.1) is 5.82 Å². The number of nitrogens with zero attached hydrogens (tertiary/aromatic N) is 1. The minimum atomic E-state index is -0.157. The molecule has 1 atom stereocenters. The lowest BCUT2D eigenvalue weighted by atomic mass is 10.1. The highest BCUT2D eigenvalue weighted by molar-refractivity contribution is 5.49. The third-order valence-electron chi connectivity index (χ3n) is 3.30. The second kappa shape index (κ2) is 7.37. The molecule has 1 unspecified atom stereocenters. The van der Waals surface area contributed by atoms with Crippen molar-refractivity contribution in [3.63, 3.8) is 0 Å². The molecule has 0 radical (unpaired) electrons. The van der Waals surface area contributed by atoms with Gasteiger partial charge in [0.15, 0.2) is 0 Å². The van der Waals surface area contributed by atoms with Crippen LogP contribution >= 0.6 is 0 Å². The molecular weight excluding hydrogens is 227 g/mol. The second-order valence-corrected chi connectivity index (χ2v) is 4.85. The standard InChI is InChI=1S/C15H25FN2/c1-5-7-12(3)18(4)15-9-13(11-17-6-2)8-14(16)10-15/h8-10,12,17H,5-7,11H2,1-4H3. The Bertz CT molecular complexity index is 366. The highest BCUT2D eigenvalue weighted by Gasteiger charge is 2.11. The lowest BCUT2D eigenvalue weighted by molar-refractivity contribution is 0.603. The number of benzene rings is 1. The molecule has 0 aliphatic rings. The Morgan fingerprint density at radius 1 is 1.28 bits per heavy atom. The van der Waals surface area contributed by atoms with Gasteiger partial charge in [-0.05, 0) is 43.7 Å². The molecule has 1 N–H and O–H groups in total. The average Bonchev–Trinajstić information content (AvgIpc) is 2.35. The minimum Gasteiger partial charge on any atom is -0.372 e. The number of nitrogens with one attached hydrogen (secondary N) is 1. The fraction of sp³-hybridized carbons (Fsp3) is 0.600. The molecule has 2 nitrogen and oxygen atoms in total. The molecule has 0 aliphatic carbocycles. The van der Waals surface area contributed by atoms with E-state index >= 15 is 0 Å². The van der Waals surface area contributed by atoms with Gasteiger partial charge < -0.3 is 10.2 Å². The Kier molecular flexibility index (Phi) is 6.13. The van der Waals surface area contributed by atoms with Gasteiger partial charge in [-0.15, -0.1) is 0 Å². The van der Waals surface area contributed by atoms with Crippen molar-refractivity contribution in [1.82, 2.24) is 5.32 Å². The van der Waals surface area contributed by atoms with Crippen LogP contribution in [0.25, 0.3) is 0 Å². The summed E-state index contributed by atoms with van der Waals surface area (Å²) in [6.07, 6.45) is 2.26. The van der Waals surface area contributed by atoms with Crippen LogP contribution in [0.15, 0.2) is 18.2 Å². The van der Waals surface area contributed by atoms with Crippen LogP contribution in [0.2, 0.25) is 0 Å². The molecule has 1 rings (SSSR count). The molecule has 0 heterocycles. The summed E-state index contributed by atoms with van der Waals surface area (Å²) in [5.41, 5.74) is 1.96. The van der Waals surface area contributed by atoms with E-state index < -0.39 is 0 Å². The van der Waals surface area contributed by atoms with Gasteiger partial charge in [0.05, 0.1) is 0 Å². The lowest BCUT2D eigenvalue weighted by Crippen LogP contribution is -2.28. The van der Waals surface area contributed by atoms with E-state index in [0.29, 0.717) is 6.04 Å². The van der Waals surface area contributed by atoms with Crippen molar-refractivity contribution < 1.29 is 4.39 Å². The van der Waals surface area contributed by atoms with Crippen molar-refractivity contribution in [1.29, 1.82) is 0 Å². The summed E-state index contributed by atoms with van der Waals surface area (Å²) in [5, 5.41) is 3.23. The summed E-state index contributed by atoms with van der Waals surface area (Å²) in [6.45, 7) is 8.02. The maximum absolute atomic E-state index is 13.6. The number of hydrogen-bond donors (Lipinski definition) is 1. The van der Waals surface area contributed by atoms with Crippen LogP contribution in [0.1, 0.15) is 39.2 Å². The molecule has 18 heavy (non-hydrogen) atoms. The normalized spacial score (nSPS) is 12.5. The molecule has 0 aliphatic heterocycles. The quantitative estimate of drug-likeness (QED) is 0.798. The van der Waals surface area contributed by atoms with E-state index in [1.54, 1.807) is 12.1 Å². The topological polar surface area (TPSA) is 15.3 Å². The van der Waals surface area contributed by atoms with Crippen molar-refractivity contribution >= 4 is 5.69 Å². The fourth-order valence-electron chi connectivity index (χ4n) is 2.07. The van der Waals surface area contributed by atoms with Gasteiger partial charge in [0.2, 0.25) is 0 Å². The number of anilines is 1. The van der Waals surface area contributed by atoms with Gasteiger partial charge in [-0.1, -0.05) is 20.3 Å². The van der Waals surface area contributed by atoms with Crippen molar-refractivity contribution in [3.8, 4) is 0 Å². The molecule has 1 aromatic rings. The molecule has 102 valence electrons. The largest absolute Gasteiger partial charge is 0.372 e. The highest BCUT2D eigenvalue weighted by atomic mass is 19.1. The molecule has 0 aromatic heterocycles. The van der Waals surface area contributed by atoms with E-state index in [-0.39, 0.29) is 5.82 Å². The molecule has 0 fully saturated rings. The second-order valence-electron chi connectivity index (χ2n) is 4.85. The molecule has 0 saturated heterocycles. The van der Waals surface area contributed by atoms with Gasteiger partial charge in [0.25, 0.3) is 0 Å². The van der Waals surface area contributed by atoms with Crippen molar-refractivity contribution in [3.05, 3.63) is 29.6 Å². The average molecular weight is 252 g/mol. The van der Waals surface area contributed by atoms with E-state index in [0.717, 1.165) is 37.2 Å². The Morgan fingerprint density at radius 3 is 2.61 bits per heavy atom. The smallest absolute Gasteiger partial charge is 0.125 e. The summed E-state index contributed by atoms with van der Waals surface area (Å²) in [5.74, 6) is -0.157. The van der Waals surface area contributed by atoms with Crippen LogP contribution in [0.5, 0.6) is 0 Å². The molecule has 3 heteroatoms. The molecule has 0 spiro atoms. The zero-order valence-corrected chi connectivity index (χ0v) is 12.0. The third-order valence-corrected chi connectivity index (χ3v) is 3.30. The Balaban J connectivity index is 2.84. The summed E-state index contributed by atoms with van der Waals surface area (Å²) in [7, 11) is 2.03. The van der Waals surface area contributed by atoms with E-state index in [1.165, 1.54) is 0 Å². The predicted octanol–water partition coefficient (Wildman–Crippen LogP) is 3.56. The molecule has 0 saturated carbocycles. The summed E-state index contributed by atoms with van der Waals surface area (Å²) < 4.78 is 13.6. The van der Waals surface area contributed by atoms with E-state index in [1.807, 2.05) is 7.05 Å². The predicted molar refractivity (Wildman–Crippen MR) is 76.6 cm³/mol. The van der Waals surface area contributed by atoms with Gasteiger partial charge in [0, 0.05) is 25.3 Å². The van der Waals surface area contributed by atoms with E-state index in [4.69, 9.17) is 0 Å². The first-order valence-corrected chi connectivity index (χ1v) is 6.81. The van der Waals surface area contributed by atoms with Crippen LogP contribution in [0.3, 0.4) is 0 Å². The SMILES string of the molecule is CCCC(C)N(C)c1cc(F)cc(CNCC)c1. The first kappa shape index (κ1) is 15.0. The van der Waals surface area contributed by atoms with E-state index in [2.05, 4.69) is 37.1 Å². The number of hydrogen-bond acceptors (Lipinski definition) is 2. The van der Waals surface area contributed by atoms with Crippen molar-refractivity contribution in [2.45, 2.75) is 46.2 Å². The van der Waals surface area contributed by atoms with Crippen LogP contribution in [-0.2, 0) is 6.54 Å². The monoisotopic (exact) mass is 252 g/mol. The highest BCUT2D eigenvalue weighted by Crippen LogP contribution is 2.21. The number of halogens is 1. The molecule has 1 aromatic carbocycles. The summed E-state index contributed by atoms with van der Waals surface area (Å²) in [4.78, 5) is 2.15. The first-order valence-electron chi connectivity index (χ1n) is 6.81. The van der Waals surface area contributed by atoms with E-state index in [9.17, 15) is 4.39 Å².